The second-order valence-corrected chi connectivity index (χ2v) is 5.04. The van der Waals surface area contributed by atoms with E-state index in [9.17, 15) is 9.90 Å². The largest absolute Gasteiger partial charge is 0.508 e. The van der Waals surface area contributed by atoms with Crippen molar-refractivity contribution in [1.82, 2.24) is 0 Å². The molecule has 0 unspecified atom stereocenters. The van der Waals surface area contributed by atoms with E-state index in [2.05, 4.69) is 6.92 Å². The highest BCUT2D eigenvalue weighted by atomic mass is 16.3. The summed E-state index contributed by atoms with van der Waals surface area (Å²) in [7, 11) is 0. The topological polar surface area (TPSA) is 37.3 Å². The fourth-order valence-electron chi connectivity index (χ4n) is 2.13. The van der Waals surface area contributed by atoms with Crippen molar-refractivity contribution in [3.8, 4) is 5.75 Å². The number of aryl methyl sites for hydroxylation is 2. The lowest BCUT2D eigenvalue weighted by atomic mass is 9.97. The molecule has 0 spiro atoms. The number of Topliss-reactive ketones (excluding diaryl/α,β-unsaturated/α-hetero) is 1. The van der Waals surface area contributed by atoms with Crippen molar-refractivity contribution >= 4 is 5.78 Å². The number of carbonyl (C=O) groups excluding carboxylic acids is 1. The van der Waals surface area contributed by atoms with Crippen LogP contribution in [0.5, 0.6) is 5.75 Å². The van der Waals surface area contributed by atoms with Crippen LogP contribution in [0.3, 0.4) is 0 Å². The third-order valence-corrected chi connectivity index (χ3v) is 3.35. The molecule has 0 amide bonds. The summed E-state index contributed by atoms with van der Waals surface area (Å²) in [6.07, 6.45) is 6.43. The van der Waals surface area contributed by atoms with Crippen molar-refractivity contribution in [1.29, 1.82) is 0 Å². The van der Waals surface area contributed by atoms with Gasteiger partial charge in [-0.15, -0.1) is 0 Å². The van der Waals surface area contributed by atoms with Gasteiger partial charge in [0.05, 0.1) is 0 Å². The van der Waals surface area contributed by atoms with E-state index >= 15 is 0 Å². The van der Waals surface area contributed by atoms with Gasteiger partial charge in [0.15, 0.2) is 5.78 Å². The highest BCUT2D eigenvalue weighted by molar-refractivity contribution is 5.97. The summed E-state index contributed by atoms with van der Waals surface area (Å²) in [5, 5.41) is 9.57. The van der Waals surface area contributed by atoms with Crippen LogP contribution in [0.1, 0.15) is 66.9 Å². The zero-order valence-corrected chi connectivity index (χ0v) is 11.8. The van der Waals surface area contributed by atoms with Gasteiger partial charge in [-0.3, -0.25) is 4.79 Å². The van der Waals surface area contributed by atoms with Crippen molar-refractivity contribution in [3.63, 3.8) is 0 Å². The lowest BCUT2D eigenvalue weighted by Gasteiger charge is -2.08. The Morgan fingerprint density at radius 2 is 1.72 bits per heavy atom. The third-order valence-electron chi connectivity index (χ3n) is 3.35. The fourth-order valence-corrected chi connectivity index (χ4v) is 2.13. The maximum atomic E-state index is 12.1. The molecule has 0 atom stereocenters. The molecule has 0 heterocycles. The van der Waals surface area contributed by atoms with E-state index in [1.807, 2.05) is 13.8 Å². The van der Waals surface area contributed by atoms with Gasteiger partial charge in [0.1, 0.15) is 5.75 Å². The van der Waals surface area contributed by atoms with E-state index < -0.39 is 0 Å². The number of phenols is 1. The Kier molecular flexibility index (Phi) is 5.90. The van der Waals surface area contributed by atoms with Crippen LogP contribution in [-0.4, -0.2) is 10.9 Å². The molecule has 18 heavy (non-hydrogen) atoms. The van der Waals surface area contributed by atoms with E-state index in [4.69, 9.17) is 0 Å². The first-order valence-corrected chi connectivity index (χ1v) is 6.89. The molecule has 0 fully saturated rings. The molecule has 2 nitrogen and oxygen atoms in total. The Balaban J connectivity index is 2.54. The molecule has 0 aliphatic carbocycles. The molecule has 1 aromatic rings. The molecule has 2 heteroatoms. The summed E-state index contributed by atoms with van der Waals surface area (Å²) < 4.78 is 0. The molecule has 0 saturated heterocycles. The van der Waals surface area contributed by atoms with E-state index in [-0.39, 0.29) is 11.5 Å². The predicted octanol–water partition coefficient (Wildman–Crippen LogP) is 4.55. The summed E-state index contributed by atoms with van der Waals surface area (Å²) in [6.45, 7) is 5.89. The van der Waals surface area contributed by atoms with Gasteiger partial charge in [-0.1, -0.05) is 32.6 Å². The van der Waals surface area contributed by atoms with Crippen molar-refractivity contribution in [3.05, 3.63) is 28.8 Å². The third kappa shape index (κ3) is 4.17. The summed E-state index contributed by atoms with van der Waals surface area (Å²) in [5.74, 6) is 0.471. The average molecular weight is 248 g/mol. The Morgan fingerprint density at radius 1 is 1.06 bits per heavy atom. The van der Waals surface area contributed by atoms with E-state index in [0.717, 1.165) is 29.5 Å². The van der Waals surface area contributed by atoms with Gasteiger partial charge in [0.25, 0.3) is 0 Å². The van der Waals surface area contributed by atoms with Gasteiger partial charge in [0.2, 0.25) is 0 Å². The van der Waals surface area contributed by atoms with Crippen LogP contribution in [0.4, 0.5) is 0 Å². The lowest BCUT2D eigenvalue weighted by molar-refractivity contribution is 0.0978. The number of benzene rings is 1. The maximum Gasteiger partial charge on any atom is 0.163 e. The van der Waals surface area contributed by atoms with E-state index in [0.29, 0.717) is 6.42 Å². The molecular formula is C16H24O2. The molecule has 0 aliphatic heterocycles. The Morgan fingerprint density at radius 3 is 2.39 bits per heavy atom. The number of phenolic OH excluding ortho intramolecular Hbond substituents is 1. The summed E-state index contributed by atoms with van der Waals surface area (Å²) in [6, 6.07) is 3.48. The SMILES string of the molecule is CCCCCCCC(=O)c1cc(C)c(O)cc1C. The van der Waals surface area contributed by atoms with Crippen LogP contribution >= 0.6 is 0 Å². The molecule has 0 saturated carbocycles. The van der Waals surface area contributed by atoms with Gasteiger partial charge >= 0.3 is 0 Å². The summed E-state index contributed by atoms with van der Waals surface area (Å²) >= 11 is 0. The zero-order valence-electron chi connectivity index (χ0n) is 11.8. The first kappa shape index (κ1) is 14.7. The number of aromatic hydroxyl groups is 1. The van der Waals surface area contributed by atoms with Crippen LogP contribution in [0.15, 0.2) is 12.1 Å². The number of carbonyl (C=O) groups is 1. The molecular weight excluding hydrogens is 224 g/mol. The Bertz CT molecular complexity index is 408. The first-order chi connectivity index (χ1) is 8.56. The summed E-state index contributed by atoms with van der Waals surface area (Å²) in [5.41, 5.74) is 2.41. The lowest BCUT2D eigenvalue weighted by Crippen LogP contribution is -2.02. The van der Waals surface area contributed by atoms with Crippen LogP contribution in [-0.2, 0) is 0 Å². The van der Waals surface area contributed by atoms with Crippen molar-refractivity contribution < 1.29 is 9.90 Å². The van der Waals surface area contributed by atoms with Crippen LogP contribution < -0.4 is 0 Å². The van der Waals surface area contributed by atoms with Gasteiger partial charge in [0, 0.05) is 12.0 Å². The molecule has 0 bridgehead atoms. The molecule has 0 aliphatic rings. The Labute approximate surface area is 110 Å². The zero-order chi connectivity index (χ0) is 13.5. The number of unbranched alkanes of at least 4 members (excludes halogenated alkanes) is 4. The van der Waals surface area contributed by atoms with Gasteiger partial charge in [-0.2, -0.15) is 0 Å². The summed E-state index contributed by atoms with van der Waals surface area (Å²) in [4.78, 5) is 12.1. The number of ketones is 1. The maximum absolute atomic E-state index is 12.1. The number of hydrogen-bond donors (Lipinski definition) is 1. The fraction of sp³-hybridized carbons (Fsp3) is 0.562. The number of hydrogen-bond acceptors (Lipinski definition) is 2. The number of rotatable bonds is 7. The quantitative estimate of drug-likeness (QED) is 0.567. The molecule has 1 aromatic carbocycles. The van der Waals surface area contributed by atoms with Crippen LogP contribution in [0, 0.1) is 13.8 Å². The smallest absolute Gasteiger partial charge is 0.163 e. The van der Waals surface area contributed by atoms with E-state index in [1.54, 1.807) is 12.1 Å². The normalized spacial score (nSPS) is 10.6. The van der Waals surface area contributed by atoms with Crippen molar-refractivity contribution in [2.75, 3.05) is 0 Å². The van der Waals surface area contributed by atoms with Crippen LogP contribution in [0.25, 0.3) is 0 Å². The Hall–Kier alpha value is -1.31. The molecule has 1 rings (SSSR count). The molecule has 1 N–H and O–H groups in total. The minimum atomic E-state index is 0.201. The van der Waals surface area contributed by atoms with Crippen LogP contribution in [0.2, 0.25) is 0 Å². The predicted molar refractivity (Wildman–Crippen MR) is 75.3 cm³/mol. The molecule has 0 radical (unpaired) electrons. The molecule has 100 valence electrons. The standard InChI is InChI=1S/C16H24O2/c1-4-5-6-7-8-9-15(17)14-10-13(3)16(18)11-12(14)2/h10-11,18H,4-9H2,1-3H3. The van der Waals surface area contributed by atoms with Gasteiger partial charge in [-0.05, 0) is 43.5 Å². The minimum Gasteiger partial charge on any atom is -0.508 e. The molecule has 0 aromatic heterocycles. The van der Waals surface area contributed by atoms with Gasteiger partial charge < -0.3 is 5.11 Å². The second kappa shape index (κ2) is 7.20. The average Bonchev–Trinajstić information content (AvgIpc) is 2.33. The highest BCUT2D eigenvalue weighted by Crippen LogP contribution is 2.22. The van der Waals surface area contributed by atoms with E-state index in [1.165, 1.54) is 19.3 Å². The van der Waals surface area contributed by atoms with Crippen molar-refractivity contribution in [2.45, 2.75) is 59.3 Å². The highest BCUT2D eigenvalue weighted by Gasteiger charge is 2.11. The second-order valence-electron chi connectivity index (χ2n) is 5.04. The minimum absolute atomic E-state index is 0.201. The van der Waals surface area contributed by atoms with Crippen molar-refractivity contribution in [2.24, 2.45) is 0 Å². The monoisotopic (exact) mass is 248 g/mol. The first-order valence-electron chi connectivity index (χ1n) is 6.89. The van der Waals surface area contributed by atoms with Gasteiger partial charge in [-0.25, -0.2) is 0 Å².